The molecule has 0 saturated heterocycles. The third-order valence-electron chi connectivity index (χ3n) is 7.05. The van der Waals surface area contributed by atoms with Gasteiger partial charge < -0.3 is 34.5 Å². The van der Waals surface area contributed by atoms with E-state index < -0.39 is 35.9 Å². The summed E-state index contributed by atoms with van der Waals surface area (Å²) in [5.74, 6) is -2.11. The summed E-state index contributed by atoms with van der Waals surface area (Å²) >= 11 is 0. The molecule has 0 aliphatic heterocycles. The number of carbonyl (C=O) groups is 4. The number of hydrogen-bond acceptors (Lipinski definition) is 10. The maximum absolute atomic E-state index is 12.4. The Kier molecular flexibility index (Phi) is 14.6. The molecule has 0 aliphatic rings. The van der Waals surface area contributed by atoms with Crippen LogP contribution in [0.1, 0.15) is 80.2 Å². The topological polar surface area (TPSA) is 161 Å². The summed E-state index contributed by atoms with van der Waals surface area (Å²) < 4.78 is 26.4. The molecule has 11 heteroatoms. The second-order valence-electron chi connectivity index (χ2n) is 11.3. The summed E-state index contributed by atoms with van der Waals surface area (Å²) in [5, 5.41) is 9.98. The first kappa shape index (κ1) is 35.7. The van der Waals surface area contributed by atoms with E-state index in [0.717, 1.165) is 12.8 Å². The van der Waals surface area contributed by atoms with E-state index in [9.17, 15) is 24.3 Å². The molecule has 41 heavy (non-hydrogen) atoms. The van der Waals surface area contributed by atoms with Gasteiger partial charge >= 0.3 is 24.2 Å². The lowest BCUT2D eigenvalue weighted by Gasteiger charge is -2.29. The van der Waals surface area contributed by atoms with Gasteiger partial charge in [0, 0.05) is 12.8 Å². The second kappa shape index (κ2) is 16.8. The highest BCUT2D eigenvalue weighted by atomic mass is 16.7. The van der Waals surface area contributed by atoms with Crippen molar-refractivity contribution in [3.8, 4) is 11.5 Å². The Labute approximate surface area is 243 Å². The minimum Gasteiger partial charge on any atom is -0.480 e. The number of carboxylic acid groups (broad SMARTS) is 1. The van der Waals surface area contributed by atoms with Crippen molar-refractivity contribution in [1.29, 1.82) is 0 Å². The van der Waals surface area contributed by atoms with Crippen LogP contribution in [0.15, 0.2) is 18.2 Å². The Bertz CT molecular complexity index is 1030. The first-order chi connectivity index (χ1) is 19.1. The predicted octanol–water partition coefficient (Wildman–Crippen LogP) is 5.75. The van der Waals surface area contributed by atoms with Gasteiger partial charge in [-0.15, -0.1) is 0 Å². The van der Waals surface area contributed by atoms with Crippen molar-refractivity contribution < 1.29 is 48.0 Å². The van der Waals surface area contributed by atoms with Crippen LogP contribution in [0.5, 0.6) is 11.5 Å². The van der Waals surface area contributed by atoms with E-state index in [1.54, 1.807) is 13.8 Å². The molecule has 0 spiro atoms. The van der Waals surface area contributed by atoms with Gasteiger partial charge in [-0.25, -0.2) is 9.59 Å². The van der Waals surface area contributed by atoms with Gasteiger partial charge in [-0.1, -0.05) is 67.4 Å². The first-order valence-corrected chi connectivity index (χ1v) is 14.2. The van der Waals surface area contributed by atoms with E-state index in [4.69, 9.17) is 29.4 Å². The Hall–Kier alpha value is -3.34. The zero-order valence-electron chi connectivity index (χ0n) is 25.6. The predicted molar refractivity (Wildman–Crippen MR) is 152 cm³/mol. The maximum atomic E-state index is 12.4. The minimum absolute atomic E-state index is 0.0557. The van der Waals surface area contributed by atoms with Crippen LogP contribution in [-0.2, 0) is 30.2 Å². The maximum Gasteiger partial charge on any atom is 0.513 e. The molecule has 1 rings (SSSR count). The summed E-state index contributed by atoms with van der Waals surface area (Å²) in [4.78, 5) is 49.3. The van der Waals surface area contributed by atoms with Gasteiger partial charge in [-0.3, -0.25) is 9.59 Å². The van der Waals surface area contributed by atoms with Gasteiger partial charge in [0.05, 0.1) is 19.1 Å². The second-order valence-corrected chi connectivity index (χ2v) is 11.3. The highest BCUT2D eigenvalue weighted by Crippen LogP contribution is 2.32. The van der Waals surface area contributed by atoms with Gasteiger partial charge in [0.15, 0.2) is 11.5 Å². The molecule has 0 saturated carbocycles. The number of carboxylic acids is 1. The fraction of sp³-hybridized carbons (Fsp3) is 0.667. The molecule has 5 atom stereocenters. The Morgan fingerprint density at radius 2 is 1.37 bits per heavy atom. The number of esters is 1. The molecule has 0 aliphatic carbocycles. The molecular weight excluding hydrogens is 534 g/mol. The van der Waals surface area contributed by atoms with Crippen molar-refractivity contribution in [1.82, 2.24) is 0 Å². The highest BCUT2D eigenvalue weighted by Gasteiger charge is 2.37. The SMILES string of the molecule is CCC(C)COC(=O)Oc1ccc(CC(N)(C[C@H](C)OC(=O)C(C)C(C)C)C(=O)O)cc1OC(=O)OCC(C)CC. The largest absolute Gasteiger partial charge is 0.513 e. The van der Waals surface area contributed by atoms with Crippen molar-refractivity contribution in [2.75, 3.05) is 13.2 Å². The van der Waals surface area contributed by atoms with E-state index in [-0.39, 0.29) is 61.2 Å². The van der Waals surface area contributed by atoms with Crippen LogP contribution in [0.2, 0.25) is 0 Å². The smallest absolute Gasteiger partial charge is 0.480 e. The fourth-order valence-corrected chi connectivity index (χ4v) is 3.45. The van der Waals surface area contributed by atoms with E-state index in [1.165, 1.54) is 18.2 Å². The van der Waals surface area contributed by atoms with Crippen LogP contribution < -0.4 is 15.2 Å². The molecule has 0 aromatic heterocycles. The highest BCUT2D eigenvalue weighted by molar-refractivity contribution is 5.79. The van der Waals surface area contributed by atoms with Crippen LogP contribution in [0, 0.1) is 23.7 Å². The fourth-order valence-electron chi connectivity index (χ4n) is 3.45. The molecule has 0 radical (unpaired) electrons. The lowest BCUT2D eigenvalue weighted by Crippen LogP contribution is -2.52. The molecule has 3 N–H and O–H groups in total. The quantitative estimate of drug-likeness (QED) is 0.139. The molecule has 0 amide bonds. The normalized spacial score (nSPS) is 15.6. The van der Waals surface area contributed by atoms with Gasteiger partial charge in [0.25, 0.3) is 0 Å². The van der Waals surface area contributed by atoms with E-state index >= 15 is 0 Å². The number of rotatable bonds is 16. The third-order valence-corrected chi connectivity index (χ3v) is 7.05. The summed E-state index contributed by atoms with van der Waals surface area (Å²) in [7, 11) is 0. The van der Waals surface area contributed by atoms with E-state index in [2.05, 4.69) is 0 Å². The summed E-state index contributed by atoms with van der Waals surface area (Å²) in [6.45, 7) is 15.1. The molecule has 1 aromatic rings. The Morgan fingerprint density at radius 1 is 0.854 bits per heavy atom. The summed E-state index contributed by atoms with van der Waals surface area (Å²) in [5.41, 5.74) is 4.85. The van der Waals surface area contributed by atoms with Crippen molar-refractivity contribution in [2.45, 2.75) is 92.7 Å². The van der Waals surface area contributed by atoms with Gasteiger partial charge in [0.2, 0.25) is 0 Å². The Balaban J connectivity index is 3.18. The van der Waals surface area contributed by atoms with Crippen LogP contribution in [0.4, 0.5) is 9.59 Å². The molecular formula is C30H47NO10. The van der Waals surface area contributed by atoms with Crippen LogP contribution in [-0.4, -0.2) is 54.2 Å². The molecule has 232 valence electrons. The van der Waals surface area contributed by atoms with Crippen LogP contribution >= 0.6 is 0 Å². The lowest BCUT2D eigenvalue weighted by atomic mass is 9.86. The summed E-state index contributed by atoms with van der Waals surface area (Å²) in [6.07, 6.45) is -1.57. The van der Waals surface area contributed by atoms with Crippen molar-refractivity contribution in [2.24, 2.45) is 29.4 Å². The molecule has 0 heterocycles. The molecule has 1 aromatic carbocycles. The van der Waals surface area contributed by atoms with Crippen LogP contribution in [0.3, 0.4) is 0 Å². The molecule has 0 fully saturated rings. The van der Waals surface area contributed by atoms with E-state index in [0.29, 0.717) is 5.56 Å². The number of ether oxygens (including phenoxy) is 5. The average Bonchev–Trinajstić information content (AvgIpc) is 2.90. The monoisotopic (exact) mass is 581 g/mol. The Morgan fingerprint density at radius 3 is 1.83 bits per heavy atom. The average molecular weight is 582 g/mol. The first-order valence-electron chi connectivity index (χ1n) is 14.2. The zero-order chi connectivity index (χ0) is 31.3. The number of nitrogens with two attached hydrogens (primary N) is 1. The minimum atomic E-state index is -1.83. The summed E-state index contributed by atoms with van der Waals surface area (Å²) in [6, 6.07) is 4.20. The number of aliphatic carboxylic acids is 1. The van der Waals surface area contributed by atoms with Crippen molar-refractivity contribution in [3.63, 3.8) is 0 Å². The van der Waals surface area contributed by atoms with Gasteiger partial charge in [-0.2, -0.15) is 0 Å². The van der Waals surface area contributed by atoms with E-state index in [1.807, 2.05) is 41.5 Å². The van der Waals surface area contributed by atoms with Crippen molar-refractivity contribution >= 4 is 24.2 Å². The van der Waals surface area contributed by atoms with Gasteiger partial charge in [-0.05, 0) is 42.4 Å². The number of hydrogen-bond donors (Lipinski definition) is 2. The van der Waals surface area contributed by atoms with Crippen LogP contribution in [0.25, 0.3) is 0 Å². The molecule has 0 bridgehead atoms. The number of carbonyl (C=O) groups excluding carboxylic acids is 3. The molecule has 11 nitrogen and oxygen atoms in total. The number of benzene rings is 1. The molecule has 4 unspecified atom stereocenters. The van der Waals surface area contributed by atoms with Crippen molar-refractivity contribution in [3.05, 3.63) is 23.8 Å². The third kappa shape index (κ3) is 12.4. The standard InChI is InChI=1S/C30H47NO10/c1-9-19(5)16-37-28(35)40-24-12-11-23(13-25(24)41-29(36)38-17-20(6)10-2)15-30(31,27(33)34)14-21(7)39-26(32)22(8)18(3)4/h11-13,18-22H,9-10,14-17,31H2,1-8H3,(H,33,34)/t19?,20?,21-,22?,30?/m0/s1. The lowest BCUT2D eigenvalue weighted by molar-refractivity contribution is -0.157. The zero-order valence-corrected chi connectivity index (χ0v) is 25.6. The van der Waals surface area contributed by atoms with Gasteiger partial charge in [0.1, 0.15) is 11.6 Å².